The zero-order chi connectivity index (χ0) is 9.14. The molecule has 0 N–H and O–H groups in total. The third-order valence-electron chi connectivity index (χ3n) is 1.33. The molecule has 1 rings (SSSR count). The second-order valence-corrected chi connectivity index (χ2v) is 2.16. The molecule has 1 aromatic carbocycles. The van der Waals surface area contributed by atoms with Crippen LogP contribution in [0.5, 0.6) is 0 Å². The quantitative estimate of drug-likeness (QED) is 0.566. The van der Waals surface area contributed by atoms with Gasteiger partial charge in [0.15, 0.2) is 0 Å². The average Bonchev–Trinajstić information content (AvgIpc) is 2.04. The number of carboxylic acid groups (broad SMARTS) is 2. The number of rotatable bonds is 2. The minimum atomic E-state index is -1.40. The van der Waals surface area contributed by atoms with Crippen LogP contribution < -0.4 is 10.2 Å². The molecule has 0 bridgehead atoms. The molecular formula is C8H4NiO4. The van der Waals surface area contributed by atoms with E-state index in [-0.39, 0.29) is 27.6 Å². The van der Waals surface area contributed by atoms with Crippen molar-refractivity contribution >= 4 is 11.9 Å². The maximum absolute atomic E-state index is 10.3. The van der Waals surface area contributed by atoms with Crippen molar-refractivity contribution in [2.75, 3.05) is 0 Å². The van der Waals surface area contributed by atoms with E-state index < -0.39 is 11.9 Å². The van der Waals surface area contributed by atoms with Gasteiger partial charge in [-0.2, -0.15) is 0 Å². The number of carbonyl (C=O) groups excluding carboxylic acids is 2. The first-order chi connectivity index (χ1) is 5.61. The van der Waals surface area contributed by atoms with Crippen LogP contribution in [0.1, 0.15) is 20.7 Å². The number of carbonyl (C=O) groups is 2. The Balaban J connectivity index is 0.00000144. The summed E-state index contributed by atoms with van der Waals surface area (Å²) in [5, 5.41) is 20.5. The van der Waals surface area contributed by atoms with Crippen molar-refractivity contribution in [1.82, 2.24) is 0 Å². The van der Waals surface area contributed by atoms with E-state index in [4.69, 9.17) is 0 Å². The summed E-state index contributed by atoms with van der Waals surface area (Å²) in [4.78, 5) is 20.5. The minimum absolute atomic E-state index is 0. The third kappa shape index (κ3) is 2.88. The summed E-state index contributed by atoms with van der Waals surface area (Å²) in [6.45, 7) is 0. The van der Waals surface area contributed by atoms with Crippen LogP contribution in [-0.2, 0) is 16.5 Å². The van der Waals surface area contributed by atoms with E-state index >= 15 is 0 Å². The molecule has 0 saturated heterocycles. The maximum Gasteiger partial charge on any atom is 2.00 e. The first-order valence-corrected chi connectivity index (χ1v) is 3.14. The van der Waals surface area contributed by atoms with Gasteiger partial charge in [-0.1, -0.05) is 18.2 Å². The molecule has 13 heavy (non-hydrogen) atoms. The molecule has 0 unspecified atom stereocenters. The van der Waals surface area contributed by atoms with Gasteiger partial charge in [0.05, 0.1) is 11.9 Å². The van der Waals surface area contributed by atoms with Gasteiger partial charge in [-0.05, 0) is 17.2 Å². The molecule has 0 aliphatic carbocycles. The second kappa shape index (κ2) is 4.62. The van der Waals surface area contributed by atoms with Crippen LogP contribution in [-0.4, -0.2) is 11.9 Å². The zero-order valence-corrected chi connectivity index (χ0v) is 7.25. The van der Waals surface area contributed by atoms with Gasteiger partial charge in [-0.15, -0.1) is 0 Å². The first-order valence-electron chi connectivity index (χ1n) is 3.14. The molecule has 0 aromatic heterocycles. The molecule has 0 fully saturated rings. The summed E-state index contributed by atoms with van der Waals surface area (Å²) in [5.74, 6) is -2.81. The number of carboxylic acids is 2. The topological polar surface area (TPSA) is 80.3 Å². The SMILES string of the molecule is O=C([O-])c1cccc(C(=O)[O-])c1.[Ni+2]. The van der Waals surface area contributed by atoms with Gasteiger partial charge in [0.1, 0.15) is 0 Å². The van der Waals surface area contributed by atoms with Crippen LogP contribution in [0.3, 0.4) is 0 Å². The van der Waals surface area contributed by atoms with Gasteiger partial charge in [0.25, 0.3) is 0 Å². The standard InChI is InChI=1S/C8H6O4.Ni/c9-7(10)5-2-1-3-6(4-5)8(11)12;/h1-4H,(H,9,10)(H,11,12);/q;+2/p-2. The fraction of sp³-hybridized carbons (Fsp3) is 0. The predicted octanol–water partition coefficient (Wildman–Crippen LogP) is -1.59. The van der Waals surface area contributed by atoms with Gasteiger partial charge in [-0.25, -0.2) is 0 Å². The van der Waals surface area contributed by atoms with Crippen LogP contribution in [0.25, 0.3) is 0 Å². The van der Waals surface area contributed by atoms with E-state index in [2.05, 4.69) is 0 Å². The minimum Gasteiger partial charge on any atom is -0.545 e. The van der Waals surface area contributed by atoms with Crippen molar-refractivity contribution in [2.45, 2.75) is 0 Å². The van der Waals surface area contributed by atoms with E-state index in [0.29, 0.717) is 0 Å². The number of hydrogen-bond donors (Lipinski definition) is 0. The fourth-order valence-electron chi connectivity index (χ4n) is 0.773. The molecule has 0 spiro atoms. The molecule has 0 aliphatic heterocycles. The van der Waals surface area contributed by atoms with Gasteiger partial charge in [-0.3, -0.25) is 0 Å². The van der Waals surface area contributed by atoms with E-state index in [1.807, 2.05) is 0 Å². The Labute approximate surface area is 84.1 Å². The molecule has 5 heteroatoms. The summed E-state index contributed by atoms with van der Waals surface area (Å²) >= 11 is 0. The van der Waals surface area contributed by atoms with Crippen molar-refractivity contribution in [1.29, 1.82) is 0 Å². The molecule has 0 atom stereocenters. The van der Waals surface area contributed by atoms with Gasteiger partial charge in [0, 0.05) is 0 Å². The van der Waals surface area contributed by atoms with Crippen LogP contribution >= 0.6 is 0 Å². The Hall–Kier alpha value is -1.35. The number of hydrogen-bond acceptors (Lipinski definition) is 4. The molecule has 0 heterocycles. The van der Waals surface area contributed by atoms with Crippen molar-refractivity contribution < 1.29 is 36.3 Å². The molecule has 4 nitrogen and oxygen atoms in total. The number of aromatic carboxylic acids is 2. The first kappa shape index (κ1) is 11.7. The monoisotopic (exact) mass is 222 g/mol. The molecular weight excluding hydrogens is 219 g/mol. The van der Waals surface area contributed by atoms with E-state index in [1.165, 1.54) is 18.2 Å². The maximum atomic E-state index is 10.3. The molecule has 0 aliphatic rings. The van der Waals surface area contributed by atoms with Gasteiger partial charge < -0.3 is 19.8 Å². The molecule has 0 amide bonds. The summed E-state index contributed by atoms with van der Waals surface area (Å²) in [6.07, 6.45) is 0. The van der Waals surface area contributed by atoms with Crippen LogP contribution in [0, 0.1) is 0 Å². The van der Waals surface area contributed by atoms with Crippen molar-refractivity contribution in [2.24, 2.45) is 0 Å². The van der Waals surface area contributed by atoms with Crippen LogP contribution in [0.4, 0.5) is 0 Å². The summed E-state index contributed by atoms with van der Waals surface area (Å²) < 4.78 is 0. The molecule has 1 aromatic rings. The van der Waals surface area contributed by atoms with Gasteiger partial charge in [0.2, 0.25) is 0 Å². The molecule has 70 valence electrons. The van der Waals surface area contributed by atoms with Gasteiger partial charge >= 0.3 is 16.5 Å². The Bertz CT molecular complexity index is 305. The largest absolute Gasteiger partial charge is 2.00 e. The fourth-order valence-corrected chi connectivity index (χ4v) is 0.773. The van der Waals surface area contributed by atoms with E-state index in [0.717, 1.165) is 6.07 Å². The second-order valence-electron chi connectivity index (χ2n) is 2.16. The van der Waals surface area contributed by atoms with Crippen LogP contribution in [0.15, 0.2) is 24.3 Å². The smallest absolute Gasteiger partial charge is 0.545 e. The third-order valence-corrected chi connectivity index (χ3v) is 1.33. The zero-order valence-electron chi connectivity index (χ0n) is 6.26. The average molecular weight is 223 g/mol. The van der Waals surface area contributed by atoms with Crippen molar-refractivity contribution in [3.63, 3.8) is 0 Å². The summed E-state index contributed by atoms with van der Waals surface area (Å²) in [7, 11) is 0. The van der Waals surface area contributed by atoms with Crippen molar-refractivity contribution in [3.05, 3.63) is 35.4 Å². The molecule has 0 saturated carbocycles. The van der Waals surface area contributed by atoms with E-state index in [9.17, 15) is 19.8 Å². The predicted molar refractivity (Wildman–Crippen MR) is 35.1 cm³/mol. The Morgan fingerprint density at radius 3 is 1.69 bits per heavy atom. The Morgan fingerprint density at radius 1 is 1.00 bits per heavy atom. The molecule has 0 radical (unpaired) electrons. The van der Waals surface area contributed by atoms with Crippen LogP contribution in [0.2, 0.25) is 0 Å². The van der Waals surface area contributed by atoms with E-state index in [1.54, 1.807) is 0 Å². The van der Waals surface area contributed by atoms with Crippen molar-refractivity contribution in [3.8, 4) is 0 Å². The Morgan fingerprint density at radius 2 is 1.38 bits per heavy atom. The summed E-state index contributed by atoms with van der Waals surface area (Å²) in [5.41, 5.74) is -0.339. The summed E-state index contributed by atoms with van der Waals surface area (Å²) in [6, 6.07) is 4.81. The normalized spacial score (nSPS) is 8.62. The Kier molecular flexibility index (Phi) is 4.14. The number of benzene rings is 1.